The number of aromatic nitrogens is 2. The molecule has 2 rings (SSSR count). The summed E-state index contributed by atoms with van der Waals surface area (Å²) in [5.41, 5.74) is 9.31. The van der Waals surface area contributed by atoms with Crippen LogP contribution in [0.1, 0.15) is 31.7 Å². The molecule has 4 heteroatoms. The maximum absolute atomic E-state index is 5.80. The van der Waals surface area contributed by atoms with Crippen LogP contribution in [-0.4, -0.2) is 9.78 Å². The molecule has 0 amide bonds. The number of hydrogen-bond acceptors (Lipinski definition) is 2. The van der Waals surface area contributed by atoms with Crippen LogP contribution in [0.2, 0.25) is 0 Å². The van der Waals surface area contributed by atoms with Gasteiger partial charge in [0.05, 0.1) is 10.2 Å². The van der Waals surface area contributed by atoms with Crippen molar-refractivity contribution in [2.24, 2.45) is 7.05 Å². The standard InChI is InChI=1S/C14H18BrN3/c1-4-9(2)10-5-7-11(8-6-10)13-12(15)14(16)17-18(13)3/h5-9H,4H2,1-3H3,(H2,16,17). The first kappa shape index (κ1) is 13.1. The van der Waals surface area contributed by atoms with Gasteiger partial charge in [0.1, 0.15) is 0 Å². The number of nitrogens with zero attached hydrogens (tertiary/aromatic N) is 2. The maximum Gasteiger partial charge on any atom is 0.160 e. The molecular formula is C14H18BrN3. The highest BCUT2D eigenvalue weighted by Crippen LogP contribution is 2.32. The molecule has 2 aromatic rings. The Kier molecular flexibility index (Phi) is 3.76. The van der Waals surface area contributed by atoms with Crippen molar-refractivity contribution in [3.8, 4) is 11.3 Å². The highest BCUT2D eigenvalue weighted by molar-refractivity contribution is 9.10. The third-order valence-electron chi connectivity index (χ3n) is 3.38. The van der Waals surface area contributed by atoms with Crippen LogP contribution in [0.15, 0.2) is 28.7 Å². The third kappa shape index (κ3) is 2.29. The Morgan fingerprint density at radius 2 is 1.94 bits per heavy atom. The average Bonchev–Trinajstić information content (AvgIpc) is 2.63. The zero-order chi connectivity index (χ0) is 13.3. The molecule has 0 aliphatic carbocycles. The van der Waals surface area contributed by atoms with E-state index in [0.717, 1.165) is 22.2 Å². The van der Waals surface area contributed by atoms with Gasteiger partial charge in [-0.05, 0) is 33.8 Å². The summed E-state index contributed by atoms with van der Waals surface area (Å²) >= 11 is 3.49. The van der Waals surface area contributed by atoms with Crippen LogP contribution >= 0.6 is 15.9 Å². The van der Waals surface area contributed by atoms with Crippen LogP contribution in [0, 0.1) is 0 Å². The molecule has 0 spiro atoms. The number of nitrogen functional groups attached to an aromatic ring is 1. The van der Waals surface area contributed by atoms with Crippen LogP contribution in [-0.2, 0) is 7.05 Å². The van der Waals surface area contributed by atoms with E-state index < -0.39 is 0 Å². The second-order valence-corrected chi connectivity index (χ2v) is 5.40. The van der Waals surface area contributed by atoms with E-state index in [-0.39, 0.29) is 0 Å². The van der Waals surface area contributed by atoms with E-state index in [0.29, 0.717) is 11.7 Å². The van der Waals surface area contributed by atoms with E-state index in [2.05, 4.69) is 59.1 Å². The fourth-order valence-electron chi connectivity index (χ4n) is 2.04. The van der Waals surface area contributed by atoms with E-state index in [1.165, 1.54) is 5.56 Å². The maximum atomic E-state index is 5.80. The van der Waals surface area contributed by atoms with Gasteiger partial charge in [0, 0.05) is 12.6 Å². The highest BCUT2D eigenvalue weighted by Gasteiger charge is 2.13. The third-order valence-corrected chi connectivity index (χ3v) is 4.16. The van der Waals surface area contributed by atoms with Crippen LogP contribution in [0.25, 0.3) is 11.3 Å². The van der Waals surface area contributed by atoms with Crippen LogP contribution in [0.5, 0.6) is 0 Å². The molecule has 1 unspecified atom stereocenters. The zero-order valence-electron chi connectivity index (χ0n) is 10.9. The topological polar surface area (TPSA) is 43.8 Å². The van der Waals surface area contributed by atoms with E-state index in [4.69, 9.17) is 5.73 Å². The monoisotopic (exact) mass is 307 g/mol. The summed E-state index contributed by atoms with van der Waals surface area (Å²) in [4.78, 5) is 0. The molecule has 0 aliphatic rings. The van der Waals surface area contributed by atoms with Crippen LogP contribution in [0.4, 0.5) is 5.82 Å². The summed E-state index contributed by atoms with van der Waals surface area (Å²) in [5.74, 6) is 1.12. The van der Waals surface area contributed by atoms with Crippen molar-refractivity contribution in [1.29, 1.82) is 0 Å². The first-order chi connectivity index (χ1) is 8.54. The van der Waals surface area contributed by atoms with Gasteiger partial charge in [-0.15, -0.1) is 0 Å². The fourth-order valence-corrected chi connectivity index (χ4v) is 2.60. The molecule has 1 heterocycles. The number of hydrogen-bond donors (Lipinski definition) is 1. The highest BCUT2D eigenvalue weighted by atomic mass is 79.9. The molecular weight excluding hydrogens is 290 g/mol. The number of nitrogens with two attached hydrogens (primary N) is 1. The minimum atomic E-state index is 0.526. The smallest absolute Gasteiger partial charge is 0.160 e. The molecule has 0 saturated carbocycles. The molecule has 0 saturated heterocycles. The summed E-state index contributed by atoms with van der Waals surface area (Å²) in [7, 11) is 1.90. The number of aryl methyl sites for hydroxylation is 1. The van der Waals surface area contributed by atoms with Gasteiger partial charge in [0.25, 0.3) is 0 Å². The summed E-state index contributed by atoms with van der Waals surface area (Å²) < 4.78 is 2.67. The lowest BCUT2D eigenvalue weighted by atomic mass is 9.97. The second-order valence-electron chi connectivity index (χ2n) is 4.60. The largest absolute Gasteiger partial charge is 0.381 e. The van der Waals surface area contributed by atoms with Gasteiger partial charge in [0.2, 0.25) is 0 Å². The predicted molar refractivity (Wildman–Crippen MR) is 79.5 cm³/mol. The summed E-state index contributed by atoms with van der Waals surface area (Å²) in [5, 5.41) is 4.21. The summed E-state index contributed by atoms with van der Waals surface area (Å²) in [6.07, 6.45) is 1.15. The van der Waals surface area contributed by atoms with E-state index in [9.17, 15) is 0 Å². The molecule has 0 aliphatic heterocycles. The lowest BCUT2D eigenvalue weighted by Gasteiger charge is -2.10. The van der Waals surface area contributed by atoms with Crippen molar-refractivity contribution in [3.63, 3.8) is 0 Å². The lowest BCUT2D eigenvalue weighted by Crippen LogP contribution is -1.95. The Bertz CT molecular complexity index is 543. The van der Waals surface area contributed by atoms with Gasteiger partial charge >= 0.3 is 0 Å². The van der Waals surface area contributed by atoms with E-state index in [1.807, 2.05) is 7.05 Å². The van der Waals surface area contributed by atoms with Gasteiger partial charge in [-0.3, -0.25) is 4.68 Å². The quantitative estimate of drug-likeness (QED) is 0.933. The Morgan fingerprint density at radius 3 is 2.39 bits per heavy atom. The number of benzene rings is 1. The Hall–Kier alpha value is -1.29. The summed E-state index contributed by atoms with van der Waals surface area (Å²) in [6, 6.07) is 8.61. The van der Waals surface area contributed by atoms with Crippen LogP contribution in [0.3, 0.4) is 0 Å². The van der Waals surface area contributed by atoms with Crippen molar-refractivity contribution < 1.29 is 0 Å². The van der Waals surface area contributed by atoms with Crippen molar-refractivity contribution in [2.75, 3.05) is 5.73 Å². The molecule has 0 fully saturated rings. The molecule has 0 radical (unpaired) electrons. The number of anilines is 1. The minimum Gasteiger partial charge on any atom is -0.381 e. The van der Waals surface area contributed by atoms with Gasteiger partial charge in [-0.25, -0.2) is 0 Å². The predicted octanol–water partition coefficient (Wildman–Crippen LogP) is 3.95. The SMILES string of the molecule is CCC(C)c1ccc(-c2c(Br)c(N)nn2C)cc1. The summed E-state index contributed by atoms with van der Waals surface area (Å²) in [6.45, 7) is 4.45. The lowest BCUT2D eigenvalue weighted by molar-refractivity contribution is 0.733. The second kappa shape index (κ2) is 5.14. The molecule has 2 N–H and O–H groups in total. The van der Waals surface area contributed by atoms with Gasteiger partial charge in [0.15, 0.2) is 5.82 Å². The molecule has 1 aromatic heterocycles. The fraction of sp³-hybridized carbons (Fsp3) is 0.357. The normalized spacial score (nSPS) is 12.7. The zero-order valence-corrected chi connectivity index (χ0v) is 12.5. The van der Waals surface area contributed by atoms with Crippen LogP contribution < -0.4 is 5.73 Å². The average molecular weight is 308 g/mol. The Morgan fingerprint density at radius 1 is 1.33 bits per heavy atom. The van der Waals surface area contributed by atoms with Gasteiger partial charge in [-0.1, -0.05) is 38.1 Å². The van der Waals surface area contributed by atoms with Crippen molar-refractivity contribution in [3.05, 3.63) is 34.3 Å². The van der Waals surface area contributed by atoms with Crippen molar-refractivity contribution >= 4 is 21.7 Å². The van der Waals surface area contributed by atoms with E-state index in [1.54, 1.807) is 4.68 Å². The van der Waals surface area contributed by atoms with Gasteiger partial charge in [-0.2, -0.15) is 5.10 Å². The number of halogens is 1. The molecule has 1 aromatic carbocycles. The molecule has 96 valence electrons. The first-order valence-corrected chi connectivity index (χ1v) is 6.92. The Balaban J connectivity index is 2.40. The molecule has 1 atom stereocenters. The van der Waals surface area contributed by atoms with Gasteiger partial charge < -0.3 is 5.73 Å². The molecule has 0 bridgehead atoms. The van der Waals surface area contributed by atoms with Crippen molar-refractivity contribution in [2.45, 2.75) is 26.2 Å². The first-order valence-electron chi connectivity index (χ1n) is 6.12. The number of rotatable bonds is 3. The van der Waals surface area contributed by atoms with Crippen molar-refractivity contribution in [1.82, 2.24) is 9.78 Å². The molecule has 3 nitrogen and oxygen atoms in total. The van der Waals surface area contributed by atoms with E-state index >= 15 is 0 Å². The minimum absolute atomic E-state index is 0.526. The Labute approximate surface area is 116 Å². The molecule has 18 heavy (non-hydrogen) atoms.